The van der Waals surface area contributed by atoms with Crippen LogP contribution in [0, 0.1) is 11.6 Å². The molecule has 1 aliphatic rings. The second-order valence-electron chi connectivity index (χ2n) is 4.88. The fourth-order valence-electron chi connectivity index (χ4n) is 2.31. The van der Waals surface area contributed by atoms with Gasteiger partial charge in [-0.05, 0) is 24.1 Å². The van der Waals surface area contributed by atoms with Crippen molar-refractivity contribution in [1.29, 1.82) is 0 Å². The predicted octanol–water partition coefficient (Wildman–Crippen LogP) is 1.59. The van der Waals surface area contributed by atoms with Gasteiger partial charge in [0.05, 0.1) is 6.54 Å². The molecule has 0 bridgehead atoms. The van der Waals surface area contributed by atoms with Gasteiger partial charge in [0.15, 0.2) is 0 Å². The Labute approximate surface area is 115 Å². The molecule has 2 rings (SSSR count). The highest BCUT2D eigenvalue weighted by Crippen LogP contribution is 2.14. The molecule has 108 valence electrons. The quantitative estimate of drug-likeness (QED) is 0.911. The molecular formula is C14H16F2N2O2. The second-order valence-corrected chi connectivity index (χ2v) is 4.88. The minimum absolute atomic E-state index is 0.0289. The Hall–Kier alpha value is -1.98. The molecule has 6 heteroatoms. The van der Waals surface area contributed by atoms with E-state index in [1.165, 1.54) is 4.90 Å². The average Bonchev–Trinajstić information content (AvgIpc) is 2.34. The minimum Gasteiger partial charge on any atom is -0.343 e. The van der Waals surface area contributed by atoms with Crippen LogP contribution in [0.2, 0.25) is 0 Å². The Morgan fingerprint density at radius 3 is 2.50 bits per heavy atom. The van der Waals surface area contributed by atoms with Crippen molar-refractivity contribution < 1.29 is 18.4 Å². The molecule has 1 aliphatic heterocycles. The first kappa shape index (κ1) is 14.4. The van der Waals surface area contributed by atoms with Gasteiger partial charge in [0.1, 0.15) is 17.7 Å². The molecule has 0 spiro atoms. The van der Waals surface area contributed by atoms with E-state index in [-0.39, 0.29) is 24.9 Å². The standard InChI is InChI=1S/C14H16F2N2O2/c1-2-3-12-14(20)18(8-13(19)17-12)7-9-4-10(15)6-11(16)5-9/h4-6,12H,2-3,7-8H2,1H3,(H,17,19). The maximum absolute atomic E-state index is 13.1. The van der Waals surface area contributed by atoms with E-state index < -0.39 is 17.7 Å². The van der Waals surface area contributed by atoms with E-state index in [0.29, 0.717) is 12.0 Å². The number of hydrogen-bond donors (Lipinski definition) is 1. The van der Waals surface area contributed by atoms with Gasteiger partial charge in [-0.25, -0.2) is 8.78 Å². The molecule has 1 atom stereocenters. The lowest BCUT2D eigenvalue weighted by atomic mass is 10.1. The van der Waals surface area contributed by atoms with Gasteiger partial charge in [-0.1, -0.05) is 13.3 Å². The fraction of sp³-hybridized carbons (Fsp3) is 0.429. The third-order valence-electron chi connectivity index (χ3n) is 3.15. The van der Waals surface area contributed by atoms with E-state index in [9.17, 15) is 18.4 Å². The summed E-state index contributed by atoms with van der Waals surface area (Å²) in [4.78, 5) is 25.1. The Morgan fingerprint density at radius 1 is 1.25 bits per heavy atom. The van der Waals surface area contributed by atoms with Gasteiger partial charge in [0.2, 0.25) is 11.8 Å². The largest absolute Gasteiger partial charge is 0.343 e. The number of carbonyl (C=O) groups excluding carboxylic acids is 2. The fourth-order valence-corrected chi connectivity index (χ4v) is 2.31. The Morgan fingerprint density at radius 2 is 1.90 bits per heavy atom. The molecule has 1 N–H and O–H groups in total. The summed E-state index contributed by atoms with van der Waals surface area (Å²) < 4.78 is 26.3. The number of benzene rings is 1. The first-order valence-corrected chi connectivity index (χ1v) is 6.52. The number of amides is 2. The summed E-state index contributed by atoms with van der Waals surface area (Å²) in [5, 5.41) is 2.63. The SMILES string of the molecule is CCCC1NC(=O)CN(Cc2cc(F)cc(F)c2)C1=O. The van der Waals surface area contributed by atoms with Gasteiger partial charge in [-0.15, -0.1) is 0 Å². The lowest BCUT2D eigenvalue weighted by molar-refractivity contribution is -0.145. The van der Waals surface area contributed by atoms with E-state index in [0.717, 1.165) is 24.6 Å². The normalized spacial score (nSPS) is 19.1. The maximum atomic E-state index is 13.1. The number of rotatable bonds is 4. The van der Waals surface area contributed by atoms with E-state index in [1.807, 2.05) is 6.92 Å². The van der Waals surface area contributed by atoms with Crippen LogP contribution in [0.3, 0.4) is 0 Å². The molecule has 2 amide bonds. The first-order chi connectivity index (χ1) is 9.49. The summed E-state index contributed by atoms with van der Waals surface area (Å²) in [6.45, 7) is 1.86. The number of nitrogens with one attached hydrogen (secondary N) is 1. The molecule has 1 heterocycles. The molecule has 20 heavy (non-hydrogen) atoms. The van der Waals surface area contributed by atoms with Gasteiger partial charge < -0.3 is 10.2 Å². The predicted molar refractivity (Wildman–Crippen MR) is 68.6 cm³/mol. The summed E-state index contributed by atoms with van der Waals surface area (Å²) in [6.07, 6.45) is 1.32. The van der Waals surface area contributed by atoms with Crippen LogP contribution in [0.15, 0.2) is 18.2 Å². The van der Waals surface area contributed by atoms with Crippen molar-refractivity contribution in [1.82, 2.24) is 10.2 Å². The van der Waals surface area contributed by atoms with E-state index in [1.54, 1.807) is 0 Å². The number of hydrogen-bond acceptors (Lipinski definition) is 2. The highest BCUT2D eigenvalue weighted by molar-refractivity contribution is 5.94. The van der Waals surface area contributed by atoms with Crippen molar-refractivity contribution in [3.63, 3.8) is 0 Å². The van der Waals surface area contributed by atoms with Crippen molar-refractivity contribution in [3.05, 3.63) is 35.4 Å². The number of piperazine rings is 1. The molecule has 0 saturated carbocycles. The highest BCUT2D eigenvalue weighted by Gasteiger charge is 2.31. The molecule has 4 nitrogen and oxygen atoms in total. The monoisotopic (exact) mass is 282 g/mol. The lowest BCUT2D eigenvalue weighted by Crippen LogP contribution is -2.57. The summed E-state index contributed by atoms with van der Waals surface area (Å²) in [5.74, 6) is -1.85. The smallest absolute Gasteiger partial charge is 0.245 e. The molecule has 1 aromatic carbocycles. The van der Waals surface area contributed by atoms with Crippen LogP contribution in [0.4, 0.5) is 8.78 Å². The molecule has 1 saturated heterocycles. The van der Waals surface area contributed by atoms with Crippen LogP contribution in [0.5, 0.6) is 0 Å². The number of nitrogens with zero attached hydrogens (tertiary/aromatic N) is 1. The van der Waals surface area contributed by atoms with Crippen molar-refractivity contribution in [2.24, 2.45) is 0 Å². The van der Waals surface area contributed by atoms with E-state index >= 15 is 0 Å². The molecular weight excluding hydrogens is 266 g/mol. The zero-order valence-electron chi connectivity index (χ0n) is 11.2. The van der Waals surface area contributed by atoms with Crippen LogP contribution in [-0.2, 0) is 16.1 Å². The number of halogens is 2. The zero-order chi connectivity index (χ0) is 14.7. The summed E-state index contributed by atoms with van der Waals surface area (Å²) in [6, 6.07) is 2.56. The summed E-state index contributed by atoms with van der Waals surface area (Å²) in [7, 11) is 0. The molecule has 1 aromatic rings. The van der Waals surface area contributed by atoms with Gasteiger partial charge in [-0.3, -0.25) is 9.59 Å². The van der Waals surface area contributed by atoms with Crippen LogP contribution >= 0.6 is 0 Å². The summed E-state index contributed by atoms with van der Waals surface area (Å²) in [5.41, 5.74) is 0.334. The molecule has 1 unspecified atom stereocenters. The Bertz CT molecular complexity index is 514. The molecule has 0 aromatic heterocycles. The topological polar surface area (TPSA) is 49.4 Å². The zero-order valence-corrected chi connectivity index (χ0v) is 11.2. The Kier molecular flexibility index (Phi) is 4.32. The van der Waals surface area contributed by atoms with Crippen molar-refractivity contribution in [2.45, 2.75) is 32.4 Å². The number of carbonyl (C=O) groups is 2. The average molecular weight is 282 g/mol. The van der Waals surface area contributed by atoms with Crippen molar-refractivity contribution in [3.8, 4) is 0 Å². The minimum atomic E-state index is -0.695. The molecule has 0 aliphatic carbocycles. The summed E-state index contributed by atoms with van der Waals surface area (Å²) >= 11 is 0. The third-order valence-corrected chi connectivity index (χ3v) is 3.15. The van der Waals surface area contributed by atoms with Crippen LogP contribution in [0.25, 0.3) is 0 Å². The van der Waals surface area contributed by atoms with E-state index in [2.05, 4.69) is 5.32 Å². The second kappa shape index (κ2) is 5.98. The van der Waals surface area contributed by atoms with Gasteiger partial charge >= 0.3 is 0 Å². The van der Waals surface area contributed by atoms with Crippen LogP contribution in [-0.4, -0.2) is 29.3 Å². The first-order valence-electron chi connectivity index (χ1n) is 6.52. The van der Waals surface area contributed by atoms with Crippen molar-refractivity contribution >= 4 is 11.8 Å². The maximum Gasteiger partial charge on any atom is 0.245 e. The van der Waals surface area contributed by atoms with Gasteiger partial charge in [0, 0.05) is 12.6 Å². The van der Waals surface area contributed by atoms with Gasteiger partial charge in [-0.2, -0.15) is 0 Å². The third kappa shape index (κ3) is 3.31. The lowest BCUT2D eigenvalue weighted by Gasteiger charge is -2.32. The Balaban J connectivity index is 2.14. The highest BCUT2D eigenvalue weighted by atomic mass is 19.1. The molecule has 0 radical (unpaired) electrons. The van der Waals surface area contributed by atoms with Crippen molar-refractivity contribution in [2.75, 3.05) is 6.54 Å². The van der Waals surface area contributed by atoms with Crippen LogP contribution in [0.1, 0.15) is 25.3 Å². The molecule has 1 fully saturated rings. The van der Waals surface area contributed by atoms with E-state index in [4.69, 9.17) is 0 Å². The van der Waals surface area contributed by atoms with Crippen LogP contribution < -0.4 is 5.32 Å². The van der Waals surface area contributed by atoms with Gasteiger partial charge in [0.25, 0.3) is 0 Å².